The number of aromatic nitrogens is 1. The number of hydrogen-bond acceptors (Lipinski definition) is 5. The lowest BCUT2D eigenvalue weighted by Crippen LogP contribution is -2.09. The molecule has 0 aromatic carbocycles. The molecule has 5 nitrogen and oxygen atoms in total. The van der Waals surface area contributed by atoms with E-state index in [0.717, 1.165) is 32.1 Å². The van der Waals surface area contributed by atoms with Crippen molar-refractivity contribution in [1.82, 2.24) is 4.98 Å². The van der Waals surface area contributed by atoms with Gasteiger partial charge in [0.1, 0.15) is 11.9 Å². The summed E-state index contributed by atoms with van der Waals surface area (Å²) in [6.07, 6.45) is 5.09. The molecule has 1 heterocycles. The molecule has 1 saturated carbocycles. The number of ether oxygens (including phenoxy) is 1. The largest absolute Gasteiger partial charge is 0.397 e. The summed E-state index contributed by atoms with van der Waals surface area (Å²) >= 11 is 0. The summed E-state index contributed by atoms with van der Waals surface area (Å²) in [5.74, 6) is 1.40. The molecule has 1 fully saturated rings. The molecule has 96 valence electrons. The number of pyridine rings is 1. The summed E-state index contributed by atoms with van der Waals surface area (Å²) in [6, 6.07) is 3.70. The molecule has 5 heteroatoms. The molecule has 0 spiro atoms. The second kappa shape index (κ2) is 6.22. The quantitative estimate of drug-likeness (QED) is 0.716. The van der Waals surface area contributed by atoms with Crippen molar-refractivity contribution < 1.29 is 4.74 Å². The highest BCUT2D eigenvalue weighted by Gasteiger charge is 2.20. The van der Waals surface area contributed by atoms with Crippen LogP contribution in [-0.4, -0.2) is 24.7 Å². The van der Waals surface area contributed by atoms with E-state index in [9.17, 15) is 0 Å². The van der Waals surface area contributed by atoms with Crippen LogP contribution in [0.1, 0.15) is 24.8 Å². The van der Waals surface area contributed by atoms with Gasteiger partial charge in [0.05, 0.1) is 17.4 Å². The van der Waals surface area contributed by atoms with Gasteiger partial charge in [-0.05, 0) is 31.2 Å². The Hall–Kier alpha value is -1.80. The number of rotatable bonds is 7. The molecule has 0 unspecified atom stereocenters. The standard InChI is InChI=1S/C13H18N4O/c14-7-11-6-12(15)8-17-13(11)16-4-1-5-18-9-10-2-3-10/h6,8,10H,1-5,9,15H2,(H,16,17). The van der Waals surface area contributed by atoms with E-state index in [1.54, 1.807) is 12.3 Å². The first-order valence-corrected chi connectivity index (χ1v) is 6.27. The summed E-state index contributed by atoms with van der Waals surface area (Å²) in [6.45, 7) is 2.39. The van der Waals surface area contributed by atoms with E-state index in [1.165, 1.54) is 12.8 Å². The monoisotopic (exact) mass is 246 g/mol. The average molecular weight is 246 g/mol. The maximum absolute atomic E-state index is 8.94. The number of anilines is 2. The molecular weight excluding hydrogens is 228 g/mol. The van der Waals surface area contributed by atoms with Crippen molar-refractivity contribution in [2.75, 3.05) is 30.8 Å². The Morgan fingerprint density at radius 3 is 3.11 bits per heavy atom. The van der Waals surface area contributed by atoms with Crippen molar-refractivity contribution in [1.29, 1.82) is 5.26 Å². The highest BCUT2D eigenvalue weighted by molar-refractivity contribution is 5.57. The Bertz CT molecular complexity index is 437. The van der Waals surface area contributed by atoms with E-state index in [4.69, 9.17) is 15.7 Å². The van der Waals surface area contributed by atoms with E-state index in [0.29, 0.717) is 17.1 Å². The van der Waals surface area contributed by atoms with Gasteiger partial charge in [-0.3, -0.25) is 0 Å². The second-order valence-corrected chi connectivity index (χ2v) is 4.58. The Morgan fingerprint density at radius 1 is 1.56 bits per heavy atom. The molecule has 0 amide bonds. The van der Waals surface area contributed by atoms with Crippen LogP contribution in [0.15, 0.2) is 12.3 Å². The number of hydrogen-bond donors (Lipinski definition) is 2. The third-order valence-corrected chi connectivity index (χ3v) is 2.84. The number of nitrogens with one attached hydrogen (secondary N) is 1. The number of nitriles is 1. The van der Waals surface area contributed by atoms with Gasteiger partial charge in [-0.2, -0.15) is 5.26 Å². The molecule has 1 aliphatic rings. The normalized spacial score (nSPS) is 14.2. The third-order valence-electron chi connectivity index (χ3n) is 2.84. The van der Waals surface area contributed by atoms with Crippen LogP contribution in [0.5, 0.6) is 0 Å². The van der Waals surface area contributed by atoms with Crippen LogP contribution in [0.2, 0.25) is 0 Å². The minimum Gasteiger partial charge on any atom is -0.397 e. The van der Waals surface area contributed by atoms with Crippen LogP contribution in [0.3, 0.4) is 0 Å². The molecule has 0 bridgehead atoms. The topological polar surface area (TPSA) is 84.0 Å². The van der Waals surface area contributed by atoms with Crippen molar-refractivity contribution in [3.8, 4) is 6.07 Å². The summed E-state index contributed by atoms with van der Waals surface area (Å²) in [5.41, 5.74) is 6.56. The molecule has 0 aliphatic heterocycles. The molecule has 3 N–H and O–H groups in total. The third kappa shape index (κ3) is 3.90. The van der Waals surface area contributed by atoms with Gasteiger partial charge >= 0.3 is 0 Å². The predicted octanol–water partition coefficient (Wildman–Crippen LogP) is 1.76. The first-order valence-electron chi connectivity index (χ1n) is 6.27. The summed E-state index contributed by atoms with van der Waals surface area (Å²) < 4.78 is 5.53. The number of nitrogen functional groups attached to an aromatic ring is 1. The molecule has 1 aromatic rings. The molecule has 0 saturated heterocycles. The smallest absolute Gasteiger partial charge is 0.144 e. The number of nitrogens with two attached hydrogens (primary N) is 1. The lowest BCUT2D eigenvalue weighted by Gasteiger charge is -2.08. The van der Waals surface area contributed by atoms with Gasteiger partial charge in [0.15, 0.2) is 0 Å². The Morgan fingerprint density at radius 2 is 2.39 bits per heavy atom. The highest BCUT2D eigenvalue weighted by atomic mass is 16.5. The molecule has 0 atom stereocenters. The first-order chi connectivity index (χ1) is 8.79. The van der Waals surface area contributed by atoms with Crippen molar-refractivity contribution in [2.45, 2.75) is 19.3 Å². The van der Waals surface area contributed by atoms with Gasteiger partial charge in [-0.15, -0.1) is 0 Å². The van der Waals surface area contributed by atoms with Crippen molar-refractivity contribution in [3.63, 3.8) is 0 Å². The SMILES string of the molecule is N#Cc1cc(N)cnc1NCCCOCC1CC1. The summed E-state index contributed by atoms with van der Waals surface area (Å²) in [7, 11) is 0. The van der Waals surface area contributed by atoms with Crippen LogP contribution in [0.25, 0.3) is 0 Å². The van der Waals surface area contributed by atoms with Gasteiger partial charge in [-0.25, -0.2) is 4.98 Å². The van der Waals surface area contributed by atoms with Gasteiger partial charge in [0.2, 0.25) is 0 Å². The Balaban J connectivity index is 1.67. The minimum absolute atomic E-state index is 0.480. The van der Waals surface area contributed by atoms with Crippen LogP contribution < -0.4 is 11.1 Å². The fraction of sp³-hybridized carbons (Fsp3) is 0.538. The zero-order valence-electron chi connectivity index (χ0n) is 10.4. The zero-order valence-corrected chi connectivity index (χ0v) is 10.4. The van der Waals surface area contributed by atoms with Gasteiger partial charge in [-0.1, -0.05) is 0 Å². The van der Waals surface area contributed by atoms with E-state index < -0.39 is 0 Å². The first kappa shape index (κ1) is 12.7. The fourth-order valence-corrected chi connectivity index (χ4v) is 1.62. The minimum atomic E-state index is 0.480. The van der Waals surface area contributed by atoms with E-state index in [1.807, 2.05) is 0 Å². The van der Waals surface area contributed by atoms with Gasteiger partial charge < -0.3 is 15.8 Å². The van der Waals surface area contributed by atoms with Crippen LogP contribution in [0, 0.1) is 17.2 Å². The zero-order chi connectivity index (χ0) is 12.8. The Kier molecular flexibility index (Phi) is 4.37. The average Bonchev–Trinajstić information content (AvgIpc) is 3.19. The fourth-order valence-electron chi connectivity index (χ4n) is 1.62. The van der Waals surface area contributed by atoms with Gasteiger partial charge in [0, 0.05) is 19.8 Å². The van der Waals surface area contributed by atoms with Gasteiger partial charge in [0.25, 0.3) is 0 Å². The molecule has 1 aliphatic carbocycles. The maximum atomic E-state index is 8.94. The van der Waals surface area contributed by atoms with Crippen molar-refractivity contribution >= 4 is 11.5 Å². The predicted molar refractivity (Wildman–Crippen MR) is 70.0 cm³/mol. The lowest BCUT2D eigenvalue weighted by atomic mass is 10.2. The van der Waals surface area contributed by atoms with Crippen molar-refractivity contribution in [3.05, 3.63) is 17.8 Å². The van der Waals surface area contributed by atoms with Crippen LogP contribution in [-0.2, 0) is 4.74 Å². The molecule has 1 aromatic heterocycles. The van der Waals surface area contributed by atoms with Crippen LogP contribution >= 0.6 is 0 Å². The van der Waals surface area contributed by atoms with Crippen molar-refractivity contribution in [2.24, 2.45) is 5.92 Å². The molecular formula is C13H18N4O. The second-order valence-electron chi connectivity index (χ2n) is 4.58. The highest BCUT2D eigenvalue weighted by Crippen LogP contribution is 2.28. The summed E-state index contributed by atoms with van der Waals surface area (Å²) in [5, 5.41) is 12.1. The Labute approximate surface area is 107 Å². The lowest BCUT2D eigenvalue weighted by molar-refractivity contribution is 0.124. The number of nitrogens with zero attached hydrogens (tertiary/aromatic N) is 2. The van der Waals surface area contributed by atoms with E-state index in [-0.39, 0.29) is 0 Å². The molecule has 18 heavy (non-hydrogen) atoms. The summed E-state index contributed by atoms with van der Waals surface area (Å²) in [4.78, 5) is 4.11. The molecule has 0 radical (unpaired) electrons. The van der Waals surface area contributed by atoms with E-state index in [2.05, 4.69) is 16.4 Å². The van der Waals surface area contributed by atoms with E-state index >= 15 is 0 Å². The molecule has 2 rings (SSSR count). The maximum Gasteiger partial charge on any atom is 0.144 e. The van der Waals surface area contributed by atoms with Crippen LogP contribution in [0.4, 0.5) is 11.5 Å².